The fourth-order valence-electron chi connectivity index (χ4n) is 3.15. The first-order chi connectivity index (χ1) is 10.3. The van der Waals surface area contributed by atoms with Gasteiger partial charge in [-0.1, -0.05) is 27.2 Å². The summed E-state index contributed by atoms with van der Waals surface area (Å²) >= 11 is 0. The fraction of sp³-hybridized carbons (Fsp3) is 0.875. The van der Waals surface area contributed by atoms with Gasteiger partial charge in [-0.3, -0.25) is 0 Å². The maximum atomic E-state index is 11.3. The molecule has 6 nitrogen and oxygen atoms in total. The summed E-state index contributed by atoms with van der Waals surface area (Å²) < 4.78 is 17.3. The molecule has 1 heterocycles. The van der Waals surface area contributed by atoms with Crippen LogP contribution >= 0.6 is 0 Å². The average Bonchev–Trinajstić information content (AvgIpc) is 2.75. The number of aldehydes is 1. The second-order valence-electron chi connectivity index (χ2n) is 7.26. The first-order valence-corrected chi connectivity index (χ1v) is 7.93. The lowest BCUT2D eigenvalue weighted by molar-refractivity contribution is -0.199. The fourth-order valence-corrected chi connectivity index (χ4v) is 3.15. The topological polar surface area (TPSA) is 82.1 Å². The van der Waals surface area contributed by atoms with Crippen LogP contribution in [0.1, 0.15) is 52.9 Å². The molecule has 6 heteroatoms. The van der Waals surface area contributed by atoms with Gasteiger partial charge in [-0.15, -0.1) is 0 Å². The summed E-state index contributed by atoms with van der Waals surface area (Å²) in [7, 11) is 0. The van der Waals surface area contributed by atoms with E-state index in [9.17, 15) is 14.7 Å². The minimum absolute atomic E-state index is 0.0411. The first kappa shape index (κ1) is 17.4. The van der Waals surface area contributed by atoms with Crippen molar-refractivity contribution in [1.82, 2.24) is 0 Å². The molecule has 2 aliphatic rings. The van der Waals surface area contributed by atoms with Crippen molar-refractivity contribution >= 4 is 12.3 Å². The van der Waals surface area contributed by atoms with Gasteiger partial charge in [0, 0.05) is 12.8 Å². The Morgan fingerprint density at radius 1 is 1.32 bits per heavy atom. The number of carboxylic acids is 1. The maximum absolute atomic E-state index is 11.3. The lowest BCUT2D eigenvalue weighted by Crippen LogP contribution is -2.40. The van der Waals surface area contributed by atoms with Crippen LogP contribution in [-0.2, 0) is 23.8 Å². The third kappa shape index (κ3) is 3.86. The Bertz CT molecular complexity index is 407. The Labute approximate surface area is 131 Å². The molecule has 2 rings (SSSR count). The molecule has 126 valence electrons. The summed E-state index contributed by atoms with van der Waals surface area (Å²) in [4.78, 5) is 22.6. The highest BCUT2D eigenvalue weighted by atomic mass is 16.8. The summed E-state index contributed by atoms with van der Waals surface area (Å²) in [6, 6.07) is 0. The molecule has 0 amide bonds. The molecule has 1 spiro atoms. The number of carbonyl (C=O) groups is 2. The molecule has 1 aliphatic heterocycles. The molecule has 22 heavy (non-hydrogen) atoms. The van der Waals surface area contributed by atoms with Gasteiger partial charge < -0.3 is 24.1 Å². The van der Waals surface area contributed by atoms with E-state index in [1.165, 1.54) is 0 Å². The van der Waals surface area contributed by atoms with Crippen LogP contribution in [0.2, 0.25) is 0 Å². The Hall–Kier alpha value is -0.980. The van der Waals surface area contributed by atoms with Crippen molar-refractivity contribution in [2.24, 2.45) is 5.41 Å². The van der Waals surface area contributed by atoms with E-state index in [0.717, 1.165) is 38.4 Å². The van der Waals surface area contributed by atoms with Crippen molar-refractivity contribution in [3.63, 3.8) is 0 Å². The zero-order valence-electron chi connectivity index (χ0n) is 13.5. The number of carbonyl (C=O) groups excluding carboxylic acids is 1. The van der Waals surface area contributed by atoms with E-state index in [2.05, 4.69) is 0 Å². The van der Waals surface area contributed by atoms with Crippen LogP contribution in [0.15, 0.2) is 0 Å². The minimum Gasteiger partial charge on any atom is -0.479 e. The Kier molecular flexibility index (Phi) is 5.25. The van der Waals surface area contributed by atoms with E-state index >= 15 is 0 Å². The highest BCUT2D eigenvalue weighted by Crippen LogP contribution is 2.40. The molecule has 0 radical (unpaired) electrons. The highest BCUT2D eigenvalue weighted by Gasteiger charge is 2.48. The van der Waals surface area contributed by atoms with Crippen molar-refractivity contribution in [1.29, 1.82) is 0 Å². The zero-order chi connectivity index (χ0) is 16.4. The monoisotopic (exact) mass is 314 g/mol. The van der Waals surface area contributed by atoms with Crippen molar-refractivity contribution in [2.45, 2.75) is 77.0 Å². The van der Waals surface area contributed by atoms with Crippen LogP contribution in [0.3, 0.4) is 0 Å². The molecule has 3 atom stereocenters. The van der Waals surface area contributed by atoms with Crippen molar-refractivity contribution < 1.29 is 28.9 Å². The number of ether oxygens (including phenoxy) is 3. The molecule has 1 aliphatic carbocycles. The van der Waals surface area contributed by atoms with Gasteiger partial charge in [0.1, 0.15) is 12.2 Å². The molecule has 1 saturated carbocycles. The maximum Gasteiger partial charge on any atom is 0.333 e. The Balaban J connectivity index is 1.99. The lowest BCUT2D eigenvalue weighted by atomic mass is 9.89. The van der Waals surface area contributed by atoms with Crippen LogP contribution in [0.4, 0.5) is 0 Å². The number of aliphatic carboxylic acids is 1. The van der Waals surface area contributed by atoms with Gasteiger partial charge in [0.25, 0.3) is 0 Å². The smallest absolute Gasteiger partial charge is 0.333 e. The number of carboxylic acid groups (broad SMARTS) is 1. The molecule has 0 aromatic heterocycles. The summed E-state index contributed by atoms with van der Waals surface area (Å²) in [5.74, 6) is -1.69. The second kappa shape index (κ2) is 6.64. The van der Waals surface area contributed by atoms with Crippen molar-refractivity contribution in [3.05, 3.63) is 0 Å². The van der Waals surface area contributed by atoms with Gasteiger partial charge in [0.05, 0.1) is 6.61 Å². The van der Waals surface area contributed by atoms with Gasteiger partial charge in [-0.25, -0.2) is 4.79 Å². The number of hydrogen-bond donors (Lipinski definition) is 1. The number of rotatable bonds is 5. The largest absolute Gasteiger partial charge is 0.479 e. The molecular weight excluding hydrogens is 288 g/mol. The van der Waals surface area contributed by atoms with E-state index in [1.54, 1.807) is 20.8 Å². The van der Waals surface area contributed by atoms with Crippen LogP contribution in [0, 0.1) is 5.41 Å². The predicted molar refractivity (Wildman–Crippen MR) is 78.5 cm³/mol. The molecule has 0 aromatic carbocycles. The van der Waals surface area contributed by atoms with Crippen molar-refractivity contribution in [2.75, 3.05) is 6.61 Å². The first-order valence-electron chi connectivity index (χ1n) is 7.93. The normalized spacial score (nSPS) is 29.4. The average molecular weight is 314 g/mol. The molecule has 1 saturated heterocycles. The van der Waals surface area contributed by atoms with Gasteiger partial charge in [0.15, 0.2) is 18.2 Å². The molecule has 0 bridgehead atoms. The number of hydrogen-bond acceptors (Lipinski definition) is 5. The van der Waals surface area contributed by atoms with Crippen LogP contribution in [-0.4, -0.2) is 48.1 Å². The van der Waals surface area contributed by atoms with Crippen LogP contribution < -0.4 is 0 Å². The second-order valence-corrected chi connectivity index (χ2v) is 7.26. The Morgan fingerprint density at radius 2 is 1.95 bits per heavy atom. The lowest BCUT2D eigenvalue weighted by Gasteiger charge is -2.32. The van der Waals surface area contributed by atoms with E-state index in [1.807, 2.05) is 0 Å². The SMILES string of the molecule is CC(C)(C)C(OC[C@@H]1OC2(CCCCC2)O[C@@H]1C=O)C(=O)O. The quantitative estimate of drug-likeness (QED) is 0.783. The van der Waals surface area contributed by atoms with Crippen LogP contribution in [0.5, 0.6) is 0 Å². The van der Waals surface area contributed by atoms with Gasteiger partial charge in [-0.2, -0.15) is 0 Å². The summed E-state index contributed by atoms with van der Waals surface area (Å²) in [5, 5.41) is 9.28. The molecule has 1 N–H and O–H groups in total. The van der Waals surface area contributed by atoms with Gasteiger partial charge in [-0.05, 0) is 18.3 Å². The molecule has 2 fully saturated rings. The Morgan fingerprint density at radius 3 is 2.45 bits per heavy atom. The van der Waals surface area contributed by atoms with Crippen LogP contribution in [0.25, 0.3) is 0 Å². The van der Waals surface area contributed by atoms with Gasteiger partial charge >= 0.3 is 5.97 Å². The van der Waals surface area contributed by atoms with Gasteiger partial charge in [0.2, 0.25) is 0 Å². The summed E-state index contributed by atoms with van der Waals surface area (Å²) in [6.45, 7) is 5.45. The minimum atomic E-state index is -1.01. The van der Waals surface area contributed by atoms with E-state index < -0.39 is 35.5 Å². The predicted octanol–water partition coefficient (Wildman–Crippen LogP) is 2.15. The van der Waals surface area contributed by atoms with E-state index in [0.29, 0.717) is 0 Å². The molecule has 1 unspecified atom stereocenters. The highest BCUT2D eigenvalue weighted by molar-refractivity contribution is 5.73. The van der Waals surface area contributed by atoms with E-state index in [4.69, 9.17) is 14.2 Å². The summed E-state index contributed by atoms with van der Waals surface area (Å²) in [6.07, 6.45) is 3.26. The zero-order valence-corrected chi connectivity index (χ0v) is 13.5. The third-order valence-electron chi connectivity index (χ3n) is 4.27. The third-order valence-corrected chi connectivity index (χ3v) is 4.27. The van der Waals surface area contributed by atoms with Crippen molar-refractivity contribution in [3.8, 4) is 0 Å². The summed E-state index contributed by atoms with van der Waals surface area (Å²) in [5.41, 5.74) is -0.537. The standard InChI is InChI=1S/C16H26O6/c1-15(2,3)13(14(18)19)20-10-12-11(9-17)21-16(22-12)7-5-4-6-8-16/h9,11-13H,4-8,10H2,1-3H3,(H,18,19)/t11-,12+,13?/m1/s1. The van der Waals surface area contributed by atoms with E-state index in [-0.39, 0.29) is 6.61 Å². The molecule has 0 aromatic rings. The molecular formula is C16H26O6.